The van der Waals surface area contributed by atoms with Crippen molar-refractivity contribution in [3.05, 3.63) is 0 Å². The number of hydrogen-bond acceptors (Lipinski definition) is 2. The largest absolute Gasteiger partial charge is 0.327 e. The van der Waals surface area contributed by atoms with Crippen LogP contribution >= 0.6 is 0 Å². The van der Waals surface area contributed by atoms with Crippen LogP contribution in [0.2, 0.25) is 0 Å². The first-order valence-corrected chi connectivity index (χ1v) is 7.20. The van der Waals surface area contributed by atoms with Gasteiger partial charge in [0.05, 0.1) is 0 Å². The summed E-state index contributed by atoms with van der Waals surface area (Å²) in [6.07, 6.45) is 8.07. The van der Waals surface area contributed by atoms with E-state index in [0.29, 0.717) is 6.04 Å². The minimum absolute atomic E-state index is 0.467. The molecule has 2 nitrogen and oxygen atoms in total. The predicted octanol–water partition coefficient (Wildman–Crippen LogP) is 2.62. The lowest BCUT2D eigenvalue weighted by atomic mass is 9.79. The van der Waals surface area contributed by atoms with Gasteiger partial charge in [-0.05, 0) is 56.9 Å². The first kappa shape index (κ1) is 12.4. The van der Waals surface area contributed by atoms with Gasteiger partial charge in [0.1, 0.15) is 0 Å². The maximum absolute atomic E-state index is 6.28. The van der Waals surface area contributed by atoms with Crippen LogP contribution in [0, 0.1) is 11.8 Å². The van der Waals surface area contributed by atoms with Crippen LogP contribution in [0.1, 0.15) is 52.4 Å². The zero-order chi connectivity index (χ0) is 11.5. The molecule has 2 aliphatic rings. The summed E-state index contributed by atoms with van der Waals surface area (Å²) in [6.45, 7) is 7.30. The van der Waals surface area contributed by atoms with Gasteiger partial charge in [-0.3, -0.25) is 0 Å². The van der Waals surface area contributed by atoms with Gasteiger partial charge in [-0.15, -0.1) is 0 Å². The fourth-order valence-electron chi connectivity index (χ4n) is 3.63. The lowest BCUT2D eigenvalue weighted by molar-refractivity contribution is 0.150. The average Bonchev–Trinajstić information content (AvgIpc) is 2.71. The molecule has 0 aromatic rings. The maximum atomic E-state index is 6.28. The highest BCUT2D eigenvalue weighted by molar-refractivity contribution is 4.86. The van der Waals surface area contributed by atoms with Crippen LogP contribution in [-0.2, 0) is 0 Å². The molecule has 2 N–H and O–H groups in total. The Labute approximate surface area is 101 Å². The van der Waals surface area contributed by atoms with Gasteiger partial charge in [0.15, 0.2) is 0 Å². The van der Waals surface area contributed by atoms with Gasteiger partial charge in [-0.2, -0.15) is 0 Å². The molecule has 4 unspecified atom stereocenters. The Balaban J connectivity index is 1.87. The van der Waals surface area contributed by atoms with E-state index >= 15 is 0 Å². The van der Waals surface area contributed by atoms with Gasteiger partial charge in [-0.1, -0.05) is 13.8 Å². The Morgan fingerprint density at radius 3 is 2.81 bits per heavy atom. The second-order valence-electron chi connectivity index (χ2n) is 6.04. The van der Waals surface area contributed by atoms with E-state index in [-0.39, 0.29) is 0 Å². The van der Waals surface area contributed by atoms with Gasteiger partial charge in [0.25, 0.3) is 0 Å². The van der Waals surface area contributed by atoms with Crippen LogP contribution in [0.4, 0.5) is 0 Å². The molecule has 94 valence electrons. The second-order valence-corrected chi connectivity index (χ2v) is 6.04. The summed E-state index contributed by atoms with van der Waals surface area (Å²) in [7, 11) is 0. The van der Waals surface area contributed by atoms with E-state index in [1.54, 1.807) is 0 Å². The molecule has 2 rings (SSSR count). The van der Waals surface area contributed by atoms with Crippen LogP contribution in [-0.4, -0.2) is 30.1 Å². The Kier molecular flexibility index (Phi) is 4.26. The molecular weight excluding hydrogens is 196 g/mol. The minimum atomic E-state index is 0.467. The molecule has 2 heteroatoms. The van der Waals surface area contributed by atoms with E-state index in [2.05, 4.69) is 18.7 Å². The zero-order valence-electron chi connectivity index (χ0n) is 11.0. The Morgan fingerprint density at radius 1 is 1.25 bits per heavy atom. The predicted molar refractivity (Wildman–Crippen MR) is 69.4 cm³/mol. The fraction of sp³-hybridized carbons (Fsp3) is 1.00. The Morgan fingerprint density at radius 2 is 2.06 bits per heavy atom. The second kappa shape index (κ2) is 5.50. The third-order valence-electron chi connectivity index (χ3n) is 4.74. The lowest BCUT2D eigenvalue weighted by Gasteiger charge is -2.36. The van der Waals surface area contributed by atoms with Crippen molar-refractivity contribution in [2.75, 3.05) is 13.1 Å². The van der Waals surface area contributed by atoms with Gasteiger partial charge < -0.3 is 10.6 Å². The highest BCUT2D eigenvalue weighted by Crippen LogP contribution is 2.30. The van der Waals surface area contributed by atoms with Gasteiger partial charge >= 0.3 is 0 Å². The van der Waals surface area contributed by atoms with Crippen molar-refractivity contribution in [2.45, 2.75) is 64.5 Å². The van der Waals surface area contributed by atoms with Crippen LogP contribution in [0.5, 0.6) is 0 Å². The summed E-state index contributed by atoms with van der Waals surface area (Å²) in [5.74, 6) is 1.66. The van der Waals surface area contributed by atoms with E-state index in [1.807, 2.05) is 0 Å². The summed E-state index contributed by atoms with van der Waals surface area (Å²) in [6, 6.07) is 1.32. The average molecular weight is 224 g/mol. The number of nitrogens with zero attached hydrogens (tertiary/aromatic N) is 1. The third kappa shape index (κ3) is 2.78. The molecule has 1 aliphatic heterocycles. The standard InChI is InChI=1S/C14H28N2/c1-3-13-5-4-8-16(13)10-12-9-11(2)6-7-14(12)15/h11-14H,3-10,15H2,1-2H3. The van der Waals surface area contributed by atoms with E-state index < -0.39 is 0 Å². The van der Waals surface area contributed by atoms with E-state index in [0.717, 1.165) is 17.9 Å². The zero-order valence-corrected chi connectivity index (χ0v) is 11.0. The van der Waals surface area contributed by atoms with Crippen molar-refractivity contribution < 1.29 is 0 Å². The summed E-state index contributed by atoms with van der Waals surface area (Å²) < 4.78 is 0. The molecule has 2 fully saturated rings. The van der Waals surface area contributed by atoms with E-state index in [4.69, 9.17) is 5.73 Å². The fourth-order valence-corrected chi connectivity index (χ4v) is 3.63. The molecule has 4 atom stereocenters. The summed E-state index contributed by atoms with van der Waals surface area (Å²) in [5.41, 5.74) is 6.28. The van der Waals surface area contributed by atoms with E-state index in [1.165, 1.54) is 51.6 Å². The SMILES string of the molecule is CCC1CCCN1CC1CC(C)CCC1N. The van der Waals surface area contributed by atoms with Crippen molar-refractivity contribution >= 4 is 0 Å². The first-order valence-electron chi connectivity index (χ1n) is 7.20. The van der Waals surface area contributed by atoms with Crippen molar-refractivity contribution in [1.29, 1.82) is 0 Å². The molecule has 1 heterocycles. The molecule has 0 spiro atoms. The monoisotopic (exact) mass is 224 g/mol. The van der Waals surface area contributed by atoms with Crippen molar-refractivity contribution in [1.82, 2.24) is 4.90 Å². The Hall–Kier alpha value is -0.0800. The molecule has 0 aromatic heterocycles. The van der Waals surface area contributed by atoms with Gasteiger partial charge in [0, 0.05) is 18.6 Å². The van der Waals surface area contributed by atoms with Crippen molar-refractivity contribution in [2.24, 2.45) is 17.6 Å². The molecule has 1 aliphatic carbocycles. The highest BCUT2D eigenvalue weighted by Gasteiger charge is 2.31. The van der Waals surface area contributed by atoms with Gasteiger partial charge in [-0.25, -0.2) is 0 Å². The number of nitrogens with two attached hydrogens (primary N) is 1. The lowest BCUT2D eigenvalue weighted by Crippen LogP contribution is -2.44. The molecular formula is C14H28N2. The highest BCUT2D eigenvalue weighted by atomic mass is 15.2. The molecule has 1 saturated heterocycles. The maximum Gasteiger partial charge on any atom is 0.00932 e. The normalized spacial score (nSPS) is 41.4. The van der Waals surface area contributed by atoms with Gasteiger partial charge in [0.2, 0.25) is 0 Å². The smallest absolute Gasteiger partial charge is 0.00932 e. The Bertz CT molecular complexity index is 217. The van der Waals surface area contributed by atoms with Crippen LogP contribution < -0.4 is 5.73 Å². The molecule has 0 radical (unpaired) electrons. The van der Waals surface area contributed by atoms with Crippen molar-refractivity contribution in [3.8, 4) is 0 Å². The molecule has 1 saturated carbocycles. The molecule has 0 amide bonds. The summed E-state index contributed by atoms with van der Waals surface area (Å²) >= 11 is 0. The molecule has 16 heavy (non-hydrogen) atoms. The topological polar surface area (TPSA) is 29.3 Å². The van der Waals surface area contributed by atoms with Crippen LogP contribution in [0.25, 0.3) is 0 Å². The number of likely N-dealkylation sites (tertiary alicyclic amines) is 1. The molecule has 0 bridgehead atoms. The molecule has 0 aromatic carbocycles. The third-order valence-corrected chi connectivity index (χ3v) is 4.74. The van der Waals surface area contributed by atoms with Crippen LogP contribution in [0.3, 0.4) is 0 Å². The summed E-state index contributed by atoms with van der Waals surface area (Å²) in [4.78, 5) is 2.71. The van der Waals surface area contributed by atoms with Crippen molar-refractivity contribution in [3.63, 3.8) is 0 Å². The number of rotatable bonds is 3. The minimum Gasteiger partial charge on any atom is -0.327 e. The first-order chi connectivity index (χ1) is 7.70. The van der Waals surface area contributed by atoms with E-state index in [9.17, 15) is 0 Å². The number of hydrogen-bond donors (Lipinski definition) is 1. The van der Waals surface area contributed by atoms with Crippen LogP contribution in [0.15, 0.2) is 0 Å². The summed E-state index contributed by atoms with van der Waals surface area (Å²) in [5, 5.41) is 0. The quantitative estimate of drug-likeness (QED) is 0.798.